The third-order valence-corrected chi connectivity index (χ3v) is 6.51. The van der Waals surface area contributed by atoms with Crippen LogP contribution in [-0.4, -0.2) is 4.98 Å². The van der Waals surface area contributed by atoms with Crippen molar-refractivity contribution in [1.29, 1.82) is 0 Å². The van der Waals surface area contributed by atoms with Gasteiger partial charge in [-0.25, -0.2) is 4.98 Å². The van der Waals surface area contributed by atoms with Crippen molar-refractivity contribution in [3.63, 3.8) is 0 Å². The minimum Gasteiger partial charge on any atom is -0.247 e. The second-order valence-electron chi connectivity index (χ2n) is 7.91. The standard InChI is InChI=1S/C26H21N2/c1-16-9-3-4-10-17(16)22-15-27-25-23-18-11-5-7-13-20(18)24(26(25)28(22)2)21-14-8-6-12-19(21)23/h3-15,23-24H,1-2H3/q+1. The van der Waals surface area contributed by atoms with Crippen molar-refractivity contribution in [2.75, 3.05) is 0 Å². The highest BCUT2D eigenvalue weighted by molar-refractivity contribution is 5.66. The zero-order valence-corrected chi connectivity index (χ0v) is 16.1. The molecule has 3 aliphatic rings. The monoisotopic (exact) mass is 361 g/mol. The molecule has 0 unspecified atom stereocenters. The lowest BCUT2D eigenvalue weighted by Crippen LogP contribution is -2.45. The minimum atomic E-state index is 0.226. The first-order chi connectivity index (χ1) is 13.8. The van der Waals surface area contributed by atoms with Crippen molar-refractivity contribution in [2.24, 2.45) is 7.05 Å². The first-order valence-corrected chi connectivity index (χ1v) is 9.88. The van der Waals surface area contributed by atoms with Gasteiger partial charge in [0.2, 0.25) is 11.4 Å². The largest absolute Gasteiger partial charge is 0.247 e. The van der Waals surface area contributed by atoms with E-state index in [4.69, 9.17) is 4.98 Å². The van der Waals surface area contributed by atoms with Crippen LogP contribution in [0.15, 0.2) is 79.0 Å². The summed E-state index contributed by atoms with van der Waals surface area (Å²) in [5, 5.41) is 0. The fraction of sp³-hybridized carbons (Fsp3) is 0.154. The van der Waals surface area contributed by atoms with Gasteiger partial charge in [-0.2, -0.15) is 4.57 Å². The van der Waals surface area contributed by atoms with Crippen LogP contribution in [0.4, 0.5) is 0 Å². The molecular weight excluding hydrogens is 340 g/mol. The number of aryl methyl sites for hydroxylation is 1. The summed E-state index contributed by atoms with van der Waals surface area (Å²) in [6.07, 6.45) is 2.06. The van der Waals surface area contributed by atoms with Crippen LogP contribution in [-0.2, 0) is 7.05 Å². The maximum absolute atomic E-state index is 5.06. The van der Waals surface area contributed by atoms with Crippen LogP contribution in [0.1, 0.15) is 51.0 Å². The van der Waals surface area contributed by atoms with Gasteiger partial charge < -0.3 is 0 Å². The van der Waals surface area contributed by atoms with E-state index in [1.807, 2.05) is 0 Å². The molecule has 2 bridgehead atoms. The van der Waals surface area contributed by atoms with Crippen LogP contribution in [0.2, 0.25) is 0 Å². The number of aromatic nitrogens is 2. The molecule has 7 rings (SSSR count). The molecule has 0 N–H and O–H groups in total. The second kappa shape index (κ2) is 5.62. The van der Waals surface area contributed by atoms with E-state index in [2.05, 4.69) is 97.5 Å². The fourth-order valence-corrected chi connectivity index (χ4v) is 5.26. The summed E-state index contributed by atoms with van der Waals surface area (Å²) >= 11 is 0. The van der Waals surface area contributed by atoms with Crippen molar-refractivity contribution in [3.8, 4) is 11.3 Å². The topological polar surface area (TPSA) is 16.8 Å². The summed E-state index contributed by atoms with van der Waals surface area (Å²) < 4.78 is 2.38. The summed E-state index contributed by atoms with van der Waals surface area (Å²) in [5.74, 6) is 0.471. The highest BCUT2D eigenvalue weighted by Crippen LogP contribution is 2.53. The lowest BCUT2D eigenvalue weighted by molar-refractivity contribution is -0.670. The molecule has 3 aromatic carbocycles. The van der Waals surface area contributed by atoms with Gasteiger partial charge in [0.05, 0.1) is 23.6 Å². The predicted octanol–water partition coefficient (Wildman–Crippen LogP) is 4.87. The molecule has 4 aromatic rings. The van der Waals surface area contributed by atoms with Crippen LogP contribution in [0.3, 0.4) is 0 Å². The molecule has 3 aliphatic carbocycles. The highest BCUT2D eigenvalue weighted by Gasteiger charge is 2.47. The molecule has 0 amide bonds. The first kappa shape index (κ1) is 15.8. The molecule has 2 nitrogen and oxygen atoms in total. The second-order valence-corrected chi connectivity index (χ2v) is 7.91. The Bertz CT molecular complexity index is 1210. The molecule has 0 aliphatic heterocycles. The lowest BCUT2D eigenvalue weighted by atomic mass is 9.64. The number of rotatable bonds is 1. The predicted molar refractivity (Wildman–Crippen MR) is 110 cm³/mol. The van der Waals surface area contributed by atoms with Crippen LogP contribution >= 0.6 is 0 Å². The van der Waals surface area contributed by atoms with E-state index in [0.29, 0.717) is 0 Å². The molecular formula is C26H21N2+. The molecule has 0 saturated carbocycles. The van der Waals surface area contributed by atoms with Gasteiger partial charge in [0.25, 0.3) is 0 Å². The number of nitrogens with zero attached hydrogens (tertiary/aromatic N) is 2. The van der Waals surface area contributed by atoms with E-state index in [-0.39, 0.29) is 11.8 Å². The molecule has 1 aromatic heterocycles. The molecule has 2 heteroatoms. The summed E-state index contributed by atoms with van der Waals surface area (Å²) in [6.45, 7) is 2.17. The third kappa shape index (κ3) is 1.92. The number of benzene rings is 3. The van der Waals surface area contributed by atoms with Crippen molar-refractivity contribution in [3.05, 3.63) is 118 Å². The van der Waals surface area contributed by atoms with Crippen molar-refractivity contribution < 1.29 is 4.57 Å². The minimum absolute atomic E-state index is 0.226. The third-order valence-electron chi connectivity index (χ3n) is 6.51. The van der Waals surface area contributed by atoms with Crippen LogP contribution in [0.5, 0.6) is 0 Å². The average Bonchev–Trinajstić information content (AvgIpc) is 2.74. The quantitative estimate of drug-likeness (QED) is 0.382. The van der Waals surface area contributed by atoms with E-state index in [1.54, 1.807) is 0 Å². The Hall–Kier alpha value is -3.26. The summed E-state index contributed by atoms with van der Waals surface area (Å²) in [4.78, 5) is 5.06. The molecule has 134 valence electrons. The molecule has 28 heavy (non-hydrogen) atoms. The zero-order chi connectivity index (χ0) is 18.8. The molecule has 0 saturated heterocycles. The smallest absolute Gasteiger partial charge is 0.231 e. The van der Waals surface area contributed by atoms with Gasteiger partial charge in [-0.3, -0.25) is 0 Å². The Morgan fingerprint density at radius 3 is 1.86 bits per heavy atom. The molecule has 1 heterocycles. The van der Waals surface area contributed by atoms with Crippen molar-refractivity contribution in [2.45, 2.75) is 18.8 Å². The highest BCUT2D eigenvalue weighted by atomic mass is 15.0. The summed E-state index contributed by atoms with van der Waals surface area (Å²) in [5.41, 5.74) is 11.9. The molecule has 0 spiro atoms. The Morgan fingerprint density at radius 1 is 0.714 bits per heavy atom. The molecule has 0 fully saturated rings. The van der Waals surface area contributed by atoms with Gasteiger partial charge in [-0.1, -0.05) is 66.7 Å². The lowest BCUT2D eigenvalue weighted by Gasteiger charge is -2.38. The van der Waals surface area contributed by atoms with E-state index in [9.17, 15) is 0 Å². The van der Waals surface area contributed by atoms with Gasteiger partial charge in [0.15, 0.2) is 0 Å². The van der Waals surface area contributed by atoms with Gasteiger partial charge in [-0.05, 0) is 40.8 Å². The zero-order valence-electron chi connectivity index (χ0n) is 16.1. The van der Waals surface area contributed by atoms with Gasteiger partial charge in [-0.15, -0.1) is 0 Å². The van der Waals surface area contributed by atoms with Gasteiger partial charge in [0, 0.05) is 0 Å². The van der Waals surface area contributed by atoms with E-state index in [1.165, 1.54) is 50.5 Å². The maximum Gasteiger partial charge on any atom is 0.231 e. The Balaban J connectivity index is 1.67. The van der Waals surface area contributed by atoms with Crippen LogP contribution in [0.25, 0.3) is 11.3 Å². The Morgan fingerprint density at radius 2 is 1.25 bits per heavy atom. The molecule has 0 atom stereocenters. The fourth-order valence-electron chi connectivity index (χ4n) is 5.26. The van der Waals surface area contributed by atoms with E-state index >= 15 is 0 Å². The average molecular weight is 361 g/mol. The Kier molecular flexibility index (Phi) is 3.16. The van der Waals surface area contributed by atoms with Gasteiger partial charge in [0.1, 0.15) is 12.7 Å². The maximum atomic E-state index is 5.06. The van der Waals surface area contributed by atoms with E-state index in [0.717, 1.165) is 0 Å². The van der Waals surface area contributed by atoms with Crippen molar-refractivity contribution in [1.82, 2.24) is 4.98 Å². The van der Waals surface area contributed by atoms with Gasteiger partial charge >= 0.3 is 0 Å². The van der Waals surface area contributed by atoms with Crippen LogP contribution in [0, 0.1) is 6.92 Å². The summed E-state index contributed by atoms with van der Waals surface area (Å²) in [6, 6.07) is 26.4. The van der Waals surface area contributed by atoms with E-state index < -0.39 is 0 Å². The first-order valence-electron chi connectivity index (χ1n) is 9.88. The number of hydrogen-bond acceptors (Lipinski definition) is 1. The Labute approximate surface area is 165 Å². The SMILES string of the molecule is Cc1ccccc1-c1cnc2c([n+]1C)C1c3ccccc3C2c2ccccc21. The normalized spacial score (nSPS) is 18.4. The molecule has 0 radical (unpaired) electrons. The van der Waals surface area contributed by atoms with Crippen LogP contribution < -0.4 is 4.57 Å². The van der Waals surface area contributed by atoms with Crippen molar-refractivity contribution >= 4 is 0 Å². The number of hydrogen-bond donors (Lipinski definition) is 0. The summed E-state index contributed by atoms with van der Waals surface area (Å²) in [7, 11) is 2.20.